The maximum Gasteiger partial charge on any atom is 0.257 e. The number of amides is 3. The van der Waals surface area contributed by atoms with Gasteiger partial charge in [-0.1, -0.05) is 42.0 Å². The number of para-hydroxylation sites is 1. The van der Waals surface area contributed by atoms with E-state index >= 15 is 0 Å². The average Bonchev–Trinajstić information content (AvgIpc) is 3.57. The maximum atomic E-state index is 13.3. The van der Waals surface area contributed by atoms with Gasteiger partial charge in [0, 0.05) is 19.4 Å². The summed E-state index contributed by atoms with van der Waals surface area (Å²) in [6.45, 7) is 4.27. The van der Waals surface area contributed by atoms with Crippen molar-refractivity contribution in [1.82, 2.24) is 10.2 Å². The molecule has 2 aromatic rings. The molecule has 1 N–H and O–H groups in total. The normalized spacial score (nSPS) is 23.1. The molecule has 0 radical (unpaired) electrons. The number of aryl methyl sites for hydroxylation is 1. The van der Waals surface area contributed by atoms with Crippen molar-refractivity contribution in [3.8, 4) is 0 Å². The van der Waals surface area contributed by atoms with Gasteiger partial charge in [-0.2, -0.15) is 0 Å². The first-order valence-electron chi connectivity index (χ1n) is 11.5. The molecule has 2 aromatic carbocycles. The van der Waals surface area contributed by atoms with Crippen LogP contribution in [-0.4, -0.2) is 34.8 Å². The molecule has 6 heteroatoms. The molecule has 2 unspecified atom stereocenters. The molecule has 6 nitrogen and oxygen atoms in total. The molecule has 0 spiro atoms. The number of fused-ring (bicyclic) bond motifs is 3. The van der Waals surface area contributed by atoms with Crippen molar-refractivity contribution in [2.24, 2.45) is 5.92 Å². The Morgan fingerprint density at radius 3 is 2.56 bits per heavy atom. The summed E-state index contributed by atoms with van der Waals surface area (Å²) in [6, 6.07) is 15.6. The second-order valence-corrected chi connectivity index (χ2v) is 9.46. The second-order valence-electron chi connectivity index (χ2n) is 9.46. The van der Waals surface area contributed by atoms with Gasteiger partial charge in [-0.15, -0.1) is 0 Å². The topological polar surface area (TPSA) is 69.7 Å². The van der Waals surface area contributed by atoms with Crippen molar-refractivity contribution in [2.45, 2.75) is 57.7 Å². The van der Waals surface area contributed by atoms with Crippen LogP contribution < -0.4 is 10.2 Å². The molecule has 1 aliphatic carbocycles. The first-order valence-corrected chi connectivity index (χ1v) is 11.5. The van der Waals surface area contributed by atoms with Crippen molar-refractivity contribution >= 4 is 23.4 Å². The Hall–Kier alpha value is -3.15. The van der Waals surface area contributed by atoms with E-state index in [1.807, 2.05) is 25.1 Å². The zero-order chi connectivity index (χ0) is 22.5. The highest BCUT2D eigenvalue weighted by atomic mass is 16.2. The van der Waals surface area contributed by atoms with Gasteiger partial charge in [-0.25, -0.2) is 0 Å². The van der Waals surface area contributed by atoms with E-state index in [9.17, 15) is 14.4 Å². The number of benzene rings is 2. The molecule has 166 valence electrons. The van der Waals surface area contributed by atoms with Crippen LogP contribution in [0.5, 0.6) is 0 Å². The molecular formula is C26H29N3O3. The molecule has 1 saturated heterocycles. The molecule has 32 heavy (non-hydrogen) atoms. The Balaban J connectivity index is 1.32. The number of hydrogen-bond acceptors (Lipinski definition) is 3. The van der Waals surface area contributed by atoms with Crippen LogP contribution in [0.25, 0.3) is 0 Å². The third kappa shape index (κ3) is 3.48. The van der Waals surface area contributed by atoms with E-state index in [1.54, 1.807) is 15.9 Å². The van der Waals surface area contributed by atoms with Gasteiger partial charge in [0.2, 0.25) is 11.8 Å². The summed E-state index contributed by atoms with van der Waals surface area (Å²) >= 11 is 0. The summed E-state index contributed by atoms with van der Waals surface area (Å²) in [7, 11) is 0. The SMILES string of the molecule is Cc1ccc(C(NC(=O)CCN2C(=O)c3ccccc3N3C(=O)CCC23C)C2CC2)cc1. The number of nitrogens with zero attached hydrogens (tertiary/aromatic N) is 2. The van der Waals surface area contributed by atoms with Crippen LogP contribution in [0.3, 0.4) is 0 Å². The number of hydrogen-bond donors (Lipinski definition) is 1. The highest BCUT2D eigenvalue weighted by Crippen LogP contribution is 2.44. The number of anilines is 1. The Morgan fingerprint density at radius 1 is 1.12 bits per heavy atom. The van der Waals surface area contributed by atoms with E-state index in [-0.39, 0.29) is 36.7 Å². The number of carbonyl (C=O) groups excluding carboxylic acids is 3. The third-order valence-electron chi connectivity index (χ3n) is 7.15. The summed E-state index contributed by atoms with van der Waals surface area (Å²) in [4.78, 5) is 42.4. The largest absolute Gasteiger partial charge is 0.349 e. The molecule has 2 fully saturated rings. The summed E-state index contributed by atoms with van der Waals surface area (Å²) in [5.74, 6) is 0.327. The second kappa shape index (κ2) is 7.76. The molecular weight excluding hydrogens is 402 g/mol. The van der Waals surface area contributed by atoms with Gasteiger partial charge in [0.15, 0.2) is 0 Å². The van der Waals surface area contributed by atoms with E-state index in [4.69, 9.17) is 0 Å². The molecule has 5 rings (SSSR count). The zero-order valence-corrected chi connectivity index (χ0v) is 18.6. The fourth-order valence-corrected chi connectivity index (χ4v) is 5.18. The van der Waals surface area contributed by atoms with E-state index in [0.717, 1.165) is 18.4 Å². The van der Waals surface area contributed by atoms with E-state index < -0.39 is 5.66 Å². The van der Waals surface area contributed by atoms with E-state index in [1.165, 1.54) is 5.56 Å². The molecule has 2 aliphatic heterocycles. The third-order valence-corrected chi connectivity index (χ3v) is 7.15. The average molecular weight is 432 g/mol. The van der Waals surface area contributed by atoms with Crippen molar-refractivity contribution in [3.63, 3.8) is 0 Å². The van der Waals surface area contributed by atoms with Crippen LogP contribution in [0.4, 0.5) is 5.69 Å². The highest BCUT2D eigenvalue weighted by molar-refractivity contribution is 6.10. The zero-order valence-electron chi connectivity index (χ0n) is 18.6. The maximum absolute atomic E-state index is 13.3. The summed E-state index contributed by atoms with van der Waals surface area (Å²) in [6.07, 6.45) is 3.42. The Morgan fingerprint density at radius 2 is 1.84 bits per heavy atom. The molecule has 0 bridgehead atoms. The smallest absolute Gasteiger partial charge is 0.257 e. The Bertz CT molecular complexity index is 1080. The lowest BCUT2D eigenvalue weighted by molar-refractivity contribution is -0.122. The summed E-state index contributed by atoms with van der Waals surface area (Å²) in [5, 5.41) is 3.21. The van der Waals surface area contributed by atoms with Crippen LogP contribution in [0, 0.1) is 12.8 Å². The van der Waals surface area contributed by atoms with E-state index in [0.29, 0.717) is 30.0 Å². The highest BCUT2D eigenvalue weighted by Gasteiger charge is 2.52. The number of rotatable bonds is 6. The predicted octanol–water partition coefficient (Wildman–Crippen LogP) is 3.95. The lowest BCUT2D eigenvalue weighted by atomic mass is 9.97. The molecule has 3 aliphatic rings. The fraction of sp³-hybridized carbons (Fsp3) is 0.423. The predicted molar refractivity (Wildman–Crippen MR) is 122 cm³/mol. The Labute approximate surface area is 188 Å². The van der Waals surface area contributed by atoms with Crippen molar-refractivity contribution in [2.75, 3.05) is 11.4 Å². The molecule has 0 aromatic heterocycles. The minimum absolute atomic E-state index is 0.0148. The van der Waals surface area contributed by atoms with Gasteiger partial charge in [-0.3, -0.25) is 19.3 Å². The van der Waals surface area contributed by atoms with Gasteiger partial charge >= 0.3 is 0 Å². The summed E-state index contributed by atoms with van der Waals surface area (Å²) < 4.78 is 0. The minimum Gasteiger partial charge on any atom is -0.349 e. The molecule has 1 saturated carbocycles. The lowest BCUT2D eigenvalue weighted by Crippen LogP contribution is -2.62. The first-order chi connectivity index (χ1) is 15.4. The van der Waals surface area contributed by atoms with Crippen LogP contribution in [0.2, 0.25) is 0 Å². The quantitative estimate of drug-likeness (QED) is 0.753. The number of carbonyl (C=O) groups is 3. The fourth-order valence-electron chi connectivity index (χ4n) is 5.18. The molecule has 3 amide bonds. The molecule has 2 atom stereocenters. The molecule has 2 heterocycles. The van der Waals surface area contributed by atoms with Crippen LogP contribution in [-0.2, 0) is 9.59 Å². The van der Waals surface area contributed by atoms with Gasteiger partial charge in [-0.05, 0) is 56.7 Å². The summed E-state index contributed by atoms with van der Waals surface area (Å²) in [5.41, 5.74) is 2.80. The van der Waals surface area contributed by atoms with Gasteiger partial charge in [0.25, 0.3) is 5.91 Å². The number of nitrogens with one attached hydrogen (secondary N) is 1. The van der Waals surface area contributed by atoms with Crippen LogP contribution >= 0.6 is 0 Å². The lowest BCUT2D eigenvalue weighted by Gasteiger charge is -2.48. The van der Waals surface area contributed by atoms with Crippen molar-refractivity contribution < 1.29 is 14.4 Å². The van der Waals surface area contributed by atoms with Gasteiger partial charge in [0.1, 0.15) is 5.66 Å². The van der Waals surface area contributed by atoms with Crippen molar-refractivity contribution in [3.05, 3.63) is 65.2 Å². The monoisotopic (exact) mass is 431 g/mol. The van der Waals surface area contributed by atoms with Crippen LogP contribution in [0.15, 0.2) is 48.5 Å². The van der Waals surface area contributed by atoms with E-state index in [2.05, 4.69) is 36.5 Å². The Kier molecular flexibility index (Phi) is 5.03. The van der Waals surface area contributed by atoms with Gasteiger partial charge in [0.05, 0.1) is 17.3 Å². The first kappa shape index (κ1) is 20.7. The minimum atomic E-state index is -0.727. The van der Waals surface area contributed by atoms with Crippen LogP contribution in [0.1, 0.15) is 66.6 Å². The van der Waals surface area contributed by atoms with Gasteiger partial charge < -0.3 is 10.2 Å². The van der Waals surface area contributed by atoms with Crippen molar-refractivity contribution in [1.29, 1.82) is 0 Å². The standard InChI is InChI=1S/C26H29N3O3/c1-17-7-9-18(10-8-17)24(19-11-12-19)27-22(30)14-16-28-25(32)20-5-3-4-6-21(20)29-23(31)13-15-26(28,29)2/h3-10,19,24H,11-16H2,1-2H3,(H,27,30).